The Hall–Kier alpha value is -1.29. The molecule has 3 nitrogen and oxygen atoms in total. The molecule has 0 spiro atoms. The van der Waals surface area contributed by atoms with Gasteiger partial charge in [-0.1, -0.05) is 6.07 Å². The number of aliphatic hydroxyl groups is 1. The van der Waals surface area contributed by atoms with E-state index in [4.69, 9.17) is 0 Å². The lowest BCUT2D eigenvalue weighted by atomic mass is 9.94. The molecule has 1 aliphatic rings. The molecule has 0 aliphatic carbocycles. The second kappa shape index (κ2) is 6.91. The smallest absolute Gasteiger partial charge is 0.373 e. The van der Waals surface area contributed by atoms with E-state index in [0.717, 1.165) is 30.6 Å². The average Bonchev–Trinajstić information content (AvgIpc) is 2.99. The van der Waals surface area contributed by atoms with E-state index >= 15 is 0 Å². The van der Waals surface area contributed by atoms with Crippen LogP contribution in [0.5, 0.6) is 0 Å². The van der Waals surface area contributed by atoms with E-state index in [2.05, 4.69) is 5.10 Å². The molecule has 136 valence electrons. The van der Waals surface area contributed by atoms with Gasteiger partial charge in [-0.3, -0.25) is 5.01 Å². The predicted octanol–water partition coefficient (Wildman–Crippen LogP) is 4.18. The molecule has 1 saturated heterocycles. The molecular formula is C14H16F6N2OS. The highest BCUT2D eigenvalue weighted by Gasteiger charge is 2.70. The largest absolute Gasteiger partial charge is 0.426 e. The molecular weight excluding hydrogens is 358 g/mol. The van der Waals surface area contributed by atoms with E-state index in [1.165, 1.54) is 22.5 Å². The van der Waals surface area contributed by atoms with Crippen LogP contribution in [0.1, 0.15) is 30.6 Å². The van der Waals surface area contributed by atoms with Crippen LogP contribution in [0.4, 0.5) is 26.3 Å². The molecule has 0 aromatic carbocycles. The van der Waals surface area contributed by atoms with E-state index in [1.54, 1.807) is 0 Å². The van der Waals surface area contributed by atoms with Gasteiger partial charge in [0.05, 0.1) is 10.6 Å². The highest BCUT2D eigenvalue weighted by molar-refractivity contribution is 7.12. The van der Waals surface area contributed by atoms with Crippen molar-refractivity contribution >= 4 is 17.0 Å². The van der Waals surface area contributed by atoms with E-state index in [9.17, 15) is 31.4 Å². The van der Waals surface area contributed by atoms with Crippen LogP contribution in [0.3, 0.4) is 0 Å². The first-order valence-corrected chi connectivity index (χ1v) is 8.15. The first-order valence-electron chi connectivity index (χ1n) is 7.27. The zero-order valence-corrected chi connectivity index (χ0v) is 13.3. The first kappa shape index (κ1) is 19.0. The second-order valence-corrected chi connectivity index (χ2v) is 6.52. The van der Waals surface area contributed by atoms with E-state index in [1.807, 2.05) is 0 Å². The summed E-state index contributed by atoms with van der Waals surface area (Å²) in [4.78, 5) is 0.174. The highest BCUT2D eigenvalue weighted by Crippen LogP contribution is 2.46. The second-order valence-electron chi connectivity index (χ2n) is 5.57. The van der Waals surface area contributed by atoms with Gasteiger partial charge in [0.15, 0.2) is 0 Å². The monoisotopic (exact) mass is 374 g/mol. The van der Waals surface area contributed by atoms with Gasteiger partial charge >= 0.3 is 12.4 Å². The predicted molar refractivity (Wildman–Crippen MR) is 78.0 cm³/mol. The lowest BCUT2D eigenvalue weighted by Crippen LogP contribution is -2.58. The first-order chi connectivity index (χ1) is 11.0. The highest BCUT2D eigenvalue weighted by atomic mass is 32.1. The van der Waals surface area contributed by atoms with Gasteiger partial charge < -0.3 is 5.11 Å². The molecule has 0 unspecified atom stereocenters. The van der Waals surface area contributed by atoms with Gasteiger partial charge in [-0.05, 0) is 30.7 Å². The molecule has 0 atom stereocenters. The van der Waals surface area contributed by atoms with Gasteiger partial charge in [-0.25, -0.2) is 0 Å². The normalized spacial score (nSPS) is 18.1. The SMILES string of the molecule is OC(C/C(=N/N1CCCCC1)c1cccs1)(C(F)(F)F)C(F)(F)F. The summed E-state index contributed by atoms with van der Waals surface area (Å²) in [5.74, 6) is 0. The fourth-order valence-corrected chi connectivity index (χ4v) is 3.08. The van der Waals surface area contributed by atoms with Gasteiger partial charge in [-0.15, -0.1) is 11.3 Å². The van der Waals surface area contributed by atoms with E-state index in [0.29, 0.717) is 13.1 Å². The number of rotatable bonds is 4. The number of thiophene rings is 1. The Balaban J connectivity index is 2.38. The topological polar surface area (TPSA) is 35.8 Å². The molecule has 0 amide bonds. The van der Waals surface area contributed by atoms with Gasteiger partial charge in [0.1, 0.15) is 0 Å². The number of hydrogen-bond donors (Lipinski definition) is 1. The summed E-state index contributed by atoms with van der Waals surface area (Å²) in [6.45, 7) is 0.927. The maximum Gasteiger partial charge on any atom is 0.426 e. The zero-order chi connectivity index (χ0) is 18.0. The summed E-state index contributed by atoms with van der Waals surface area (Å²) in [7, 11) is 0. The Kier molecular flexibility index (Phi) is 5.48. The van der Waals surface area contributed by atoms with Crippen molar-refractivity contribution in [3.05, 3.63) is 22.4 Å². The number of hydrazone groups is 1. The average molecular weight is 374 g/mol. The molecule has 2 rings (SSSR count). The summed E-state index contributed by atoms with van der Waals surface area (Å²) in [6.07, 6.45) is -10.9. The Morgan fingerprint density at radius 3 is 2.12 bits per heavy atom. The van der Waals surface area contributed by atoms with E-state index in [-0.39, 0.29) is 4.88 Å². The molecule has 1 fully saturated rings. The van der Waals surface area contributed by atoms with Crippen LogP contribution < -0.4 is 0 Å². The molecule has 0 bridgehead atoms. The van der Waals surface area contributed by atoms with Crippen LogP contribution >= 0.6 is 11.3 Å². The molecule has 0 saturated carbocycles. The summed E-state index contributed by atoms with van der Waals surface area (Å²) >= 11 is 0.978. The van der Waals surface area contributed by atoms with E-state index < -0.39 is 30.1 Å². The van der Waals surface area contributed by atoms with Crippen molar-refractivity contribution in [3.63, 3.8) is 0 Å². The molecule has 24 heavy (non-hydrogen) atoms. The van der Waals surface area contributed by atoms with Crippen LogP contribution in [0.15, 0.2) is 22.6 Å². The Morgan fingerprint density at radius 2 is 1.67 bits per heavy atom. The minimum atomic E-state index is -5.86. The number of halogens is 6. The van der Waals surface area contributed by atoms with Crippen molar-refractivity contribution in [2.45, 2.75) is 43.6 Å². The minimum Gasteiger partial charge on any atom is -0.373 e. The molecule has 1 aromatic rings. The minimum absolute atomic E-state index is 0.174. The maximum absolute atomic E-state index is 12.9. The molecule has 10 heteroatoms. The van der Waals surface area contributed by atoms with Gasteiger partial charge in [0.25, 0.3) is 5.60 Å². The van der Waals surface area contributed by atoms with Crippen LogP contribution in [-0.4, -0.2) is 46.9 Å². The zero-order valence-electron chi connectivity index (χ0n) is 12.5. The lowest BCUT2D eigenvalue weighted by molar-refractivity contribution is -0.365. The lowest BCUT2D eigenvalue weighted by Gasteiger charge is -2.33. The van der Waals surface area contributed by atoms with Gasteiger partial charge in [0, 0.05) is 19.5 Å². The standard InChI is InChI=1S/C14H16F6N2OS/c15-13(16,17)12(23,14(18,19)20)9-10(11-5-4-8-24-11)21-22-6-2-1-3-7-22/h4-5,8,23H,1-3,6-7,9H2/b21-10-. The molecule has 1 aromatic heterocycles. The van der Waals surface area contributed by atoms with Gasteiger partial charge in [-0.2, -0.15) is 31.4 Å². The molecule has 2 heterocycles. The molecule has 0 radical (unpaired) electrons. The van der Waals surface area contributed by atoms with Crippen LogP contribution in [-0.2, 0) is 0 Å². The van der Waals surface area contributed by atoms with Crippen molar-refractivity contribution in [2.75, 3.05) is 13.1 Å². The third-order valence-electron chi connectivity index (χ3n) is 3.76. The Labute approximate surface area is 138 Å². The summed E-state index contributed by atoms with van der Waals surface area (Å²) in [5.41, 5.74) is -5.25. The van der Waals surface area contributed by atoms with Crippen LogP contribution in [0, 0.1) is 0 Å². The number of hydrogen-bond acceptors (Lipinski definition) is 4. The number of nitrogens with zero attached hydrogens (tertiary/aromatic N) is 2. The maximum atomic E-state index is 12.9. The van der Waals surface area contributed by atoms with Crippen molar-refractivity contribution in [1.82, 2.24) is 5.01 Å². The number of alkyl halides is 6. The van der Waals surface area contributed by atoms with Crippen molar-refractivity contribution in [2.24, 2.45) is 5.10 Å². The third kappa shape index (κ3) is 4.02. The van der Waals surface area contributed by atoms with Crippen LogP contribution in [0.25, 0.3) is 0 Å². The molecule has 1 N–H and O–H groups in total. The summed E-state index contributed by atoms with van der Waals surface area (Å²) < 4.78 is 77.7. The van der Waals surface area contributed by atoms with Crippen molar-refractivity contribution in [1.29, 1.82) is 0 Å². The molecule has 1 aliphatic heterocycles. The number of piperidine rings is 1. The quantitative estimate of drug-likeness (QED) is 0.634. The Morgan fingerprint density at radius 1 is 1.08 bits per heavy atom. The van der Waals surface area contributed by atoms with Gasteiger partial charge in [0.2, 0.25) is 0 Å². The van der Waals surface area contributed by atoms with Crippen molar-refractivity contribution in [3.8, 4) is 0 Å². The Bertz CT molecular complexity index is 547. The summed E-state index contributed by atoms with van der Waals surface area (Å²) in [6, 6.07) is 2.90. The fourth-order valence-electron chi connectivity index (χ4n) is 2.37. The van der Waals surface area contributed by atoms with Crippen molar-refractivity contribution < 1.29 is 31.4 Å². The third-order valence-corrected chi connectivity index (χ3v) is 4.68. The fraction of sp³-hybridized carbons (Fsp3) is 0.643. The van der Waals surface area contributed by atoms with Crippen LogP contribution in [0.2, 0.25) is 0 Å². The summed E-state index contributed by atoms with van der Waals surface area (Å²) in [5, 5.41) is 16.4.